The second kappa shape index (κ2) is 6.13. The number of hydrogen-bond donors (Lipinski definition) is 0. The van der Waals surface area contributed by atoms with Gasteiger partial charge in [-0.05, 0) is 6.92 Å². The Balaban J connectivity index is 2.01. The van der Waals surface area contributed by atoms with E-state index in [1.54, 1.807) is 0 Å². The second-order valence-electron chi connectivity index (χ2n) is 3.27. The molecule has 0 aliphatic carbocycles. The van der Waals surface area contributed by atoms with E-state index in [0.29, 0.717) is 0 Å². The summed E-state index contributed by atoms with van der Waals surface area (Å²) >= 11 is 0. The Bertz CT molecular complexity index is 144. The lowest BCUT2D eigenvalue weighted by Gasteiger charge is -2.26. The van der Waals surface area contributed by atoms with E-state index >= 15 is 0 Å². The van der Waals surface area contributed by atoms with Gasteiger partial charge in [-0.2, -0.15) is 0 Å². The average Bonchev–Trinajstić information content (AvgIpc) is 2.19. The molecule has 0 saturated carbocycles. The predicted octanol–water partition coefficient (Wildman–Crippen LogP) is 0.910. The van der Waals surface area contributed by atoms with E-state index in [9.17, 15) is 0 Å². The molecule has 0 amide bonds. The van der Waals surface area contributed by atoms with Crippen LogP contribution in [0.3, 0.4) is 0 Å². The van der Waals surface area contributed by atoms with Crippen molar-refractivity contribution in [1.82, 2.24) is 4.90 Å². The van der Waals surface area contributed by atoms with Crippen molar-refractivity contribution in [1.29, 1.82) is 0 Å². The van der Waals surface area contributed by atoms with E-state index in [-0.39, 0.29) is 6.10 Å². The van der Waals surface area contributed by atoms with Crippen LogP contribution in [0.4, 0.5) is 0 Å². The Labute approximate surface area is 80.3 Å². The van der Waals surface area contributed by atoms with Crippen molar-refractivity contribution in [3.05, 3.63) is 12.7 Å². The lowest BCUT2D eigenvalue weighted by Crippen LogP contribution is -2.38. The highest BCUT2D eigenvalue weighted by Crippen LogP contribution is 1.97. The number of morpholine rings is 1. The topological polar surface area (TPSA) is 21.7 Å². The van der Waals surface area contributed by atoms with Gasteiger partial charge in [0.15, 0.2) is 0 Å². The summed E-state index contributed by atoms with van der Waals surface area (Å²) in [6.45, 7) is 11.2. The first kappa shape index (κ1) is 10.7. The number of rotatable bonds is 5. The molecule has 1 heterocycles. The second-order valence-corrected chi connectivity index (χ2v) is 3.27. The minimum atomic E-state index is 0.168. The molecule has 1 aliphatic rings. The van der Waals surface area contributed by atoms with Gasteiger partial charge in [0, 0.05) is 19.6 Å². The third kappa shape index (κ3) is 4.41. The van der Waals surface area contributed by atoms with Gasteiger partial charge < -0.3 is 9.47 Å². The SMILES string of the molecule is C=C[C@@H](C)OCCN1CCOCC1. The quantitative estimate of drug-likeness (QED) is 0.594. The molecule has 3 heteroatoms. The van der Waals surface area contributed by atoms with Gasteiger partial charge in [0.1, 0.15) is 0 Å². The van der Waals surface area contributed by atoms with Gasteiger partial charge in [-0.1, -0.05) is 6.08 Å². The van der Waals surface area contributed by atoms with Gasteiger partial charge in [0.25, 0.3) is 0 Å². The van der Waals surface area contributed by atoms with Gasteiger partial charge in [-0.3, -0.25) is 4.90 Å². The van der Waals surface area contributed by atoms with Crippen molar-refractivity contribution in [2.45, 2.75) is 13.0 Å². The molecule has 0 spiro atoms. The third-order valence-corrected chi connectivity index (χ3v) is 2.22. The Hall–Kier alpha value is -0.380. The zero-order valence-electron chi connectivity index (χ0n) is 8.37. The number of nitrogens with zero attached hydrogens (tertiary/aromatic N) is 1. The molecule has 1 fully saturated rings. The Morgan fingerprint density at radius 3 is 2.85 bits per heavy atom. The monoisotopic (exact) mass is 185 g/mol. The standard InChI is InChI=1S/C10H19NO2/c1-3-10(2)13-9-6-11-4-7-12-8-5-11/h3,10H,1,4-9H2,2H3/t10-/m1/s1. The van der Waals surface area contributed by atoms with Crippen LogP contribution in [-0.2, 0) is 9.47 Å². The molecule has 76 valence electrons. The van der Waals surface area contributed by atoms with Crippen LogP contribution in [-0.4, -0.2) is 50.5 Å². The molecule has 1 saturated heterocycles. The molecule has 0 N–H and O–H groups in total. The Kier molecular flexibility index (Phi) is 5.05. The zero-order valence-corrected chi connectivity index (χ0v) is 8.37. The first-order valence-corrected chi connectivity index (χ1v) is 4.87. The highest BCUT2D eigenvalue weighted by molar-refractivity contribution is 4.75. The molecule has 0 aromatic carbocycles. The third-order valence-electron chi connectivity index (χ3n) is 2.22. The Morgan fingerprint density at radius 2 is 2.23 bits per heavy atom. The van der Waals surface area contributed by atoms with Crippen LogP contribution in [0.1, 0.15) is 6.92 Å². The first-order valence-electron chi connectivity index (χ1n) is 4.87. The molecule has 1 atom stereocenters. The summed E-state index contributed by atoms with van der Waals surface area (Å²) in [5.41, 5.74) is 0. The zero-order chi connectivity index (χ0) is 9.52. The van der Waals surface area contributed by atoms with Gasteiger partial charge in [-0.15, -0.1) is 6.58 Å². The molecule has 0 unspecified atom stereocenters. The highest BCUT2D eigenvalue weighted by atomic mass is 16.5. The molecule has 0 bridgehead atoms. The lowest BCUT2D eigenvalue weighted by molar-refractivity contribution is 0.0141. The van der Waals surface area contributed by atoms with Crippen molar-refractivity contribution in [3.8, 4) is 0 Å². The minimum absolute atomic E-state index is 0.168. The van der Waals surface area contributed by atoms with E-state index < -0.39 is 0 Å². The van der Waals surface area contributed by atoms with Gasteiger partial charge in [0.2, 0.25) is 0 Å². The van der Waals surface area contributed by atoms with E-state index in [1.807, 2.05) is 13.0 Å². The summed E-state index contributed by atoms with van der Waals surface area (Å²) in [6.07, 6.45) is 1.99. The molecular weight excluding hydrogens is 166 g/mol. The van der Waals surface area contributed by atoms with Gasteiger partial charge in [0.05, 0.1) is 25.9 Å². The van der Waals surface area contributed by atoms with Crippen LogP contribution in [0.5, 0.6) is 0 Å². The maximum absolute atomic E-state index is 5.49. The Morgan fingerprint density at radius 1 is 1.54 bits per heavy atom. The van der Waals surface area contributed by atoms with E-state index in [2.05, 4.69) is 11.5 Å². The van der Waals surface area contributed by atoms with Gasteiger partial charge >= 0.3 is 0 Å². The summed E-state index contributed by atoms with van der Waals surface area (Å²) in [7, 11) is 0. The maximum Gasteiger partial charge on any atom is 0.0725 e. The fourth-order valence-electron chi connectivity index (χ4n) is 1.26. The predicted molar refractivity (Wildman–Crippen MR) is 52.9 cm³/mol. The molecule has 0 aromatic heterocycles. The number of ether oxygens (including phenoxy) is 2. The summed E-state index contributed by atoms with van der Waals surface area (Å²) in [5.74, 6) is 0. The van der Waals surface area contributed by atoms with Crippen molar-refractivity contribution < 1.29 is 9.47 Å². The van der Waals surface area contributed by atoms with Crippen LogP contribution >= 0.6 is 0 Å². The molecule has 1 aliphatic heterocycles. The van der Waals surface area contributed by atoms with Crippen molar-refractivity contribution >= 4 is 0 Å². The largest absolute Gasteiger partial charge is 0.379 e. The molecule has 13 heavy (non-hydrogen) atoms. The fourth-order valence-corrected chi connectivity index (χ4v) is 1.26. The summed E-state index contributed by atoms with van der Waals surface area (Å²) in [5, 5.41) is 0. The molecule has 0 aromatic rings. The lowest BCUT2D eigenvalue weighted by atomic mass is 10.4. The molecule has 3 nitrogen and oxygen atoms in total. The normalized spacial score (nSPS) is 21.3. The summed E-state index contributed by atoms with van der Waals surface area (Å²) < 4.78 is 10.7. The molecule has 0 radical (unpaired) electrons. The first-order chi connectivity index (χ1) is 6.33. The fraction of sp³-hybridized carbons (Fsp3) is 0.800. The molecule has 1 rings (SSSR count). The van der Waals surface area contributed by atoms with Crippen LogP contribution in [0.15, 0.2) is 12.7 Å². The summed E-state index contributed by atoms with van der Waals surface area (Å²) in [4.78, 5) is 2.36. The van der Waals surface area contributed by atoms with E-state index in [4.69, 9.17) is 9.47 Å². The van der Waals surface area contributed by atoms with Crippen molar-refractivity contribution in [2.75, 3.05) is 39.5 Å². The van der Waals surface area contributed by atoms with Gasteiger partial charge in [-0.25, -0.2) is 0 Å². The smallest absolute Gasteiger partial charge is 0.0725 e. The van der Waals surface area contributed by atoms with Crippen LogP contribution in [0, 0.1) is 0 Å². The van der Waals surface area contributed by atoms with Crippen molar-refractivity contribution in [2.24, 2.45) is 0 Å². The van der Waals surface area contributed by atoms with Crippen LogP contribution in [0.25, 0.3) is 0 Å². The van der Waals surface area contributed by atoms with E-state index in [1.165, 1.54) is 0 Å². The average molecular weight is 185 g/mol. The van der Waals surface area contributed by atoms with Crippen LogP contribution in [0.2, 0.25) is 0 Å². The minimum Gasteiger partial charge on any atom is -0.379 e. The summed E-state index contributed by atoms with van der Waals surface area (Å²) in [6, 6.07) is 0. The van der Waals surface area contributed by atoms with Crippen LogP contribution < -0.4 is 0 Å². The van der Waals surface area contributed by atoms with E-state index in [0.717, 1.165) is 39.5 Å². The van der Waals surface area contributed by atoms with Crippen molar-refractivity contribution in [3.63, 3.8) is 0 Å². The number of hydrogen-bond acceptors (Lipinski definition) is 3. The maximum atomic E-state index is 5.49. The highest BCUT2D eigenvalue weighted by Gasteiger charge is 2.09. The molecular formula is C10H19NO2.